The highest BCUT2D eigenvalue weighted by atomic mass is 16.6. The number of hydrogen-bond acceptors (Lipinski definition) is 4. The van der Waals surface area contributed by atoms with Crippen molar-refractivity contribution in [2.45, 2.75) is 54.6 Å². The van der Waals surface area contributed by atoms with Crippen LogP contribution in [0.3, 0.4) is 0 Å². The Labute approximate surface area is 116 Å². The summed E-state index contributed by atoms with van der Waals surface area (Å²) in [7, 11) is 0. The Balaban J connectivity index is 4.92. The van der Waals surface area contributed by atoms with Crippen LogP contribution in [-0.2, 0) is 19.1 Å². The number of carbonyl (C=O) groups excluding carboxylic acids is 2. The first-order valence-corrected chi connectivity index (χ1v) is 6.65. The summed E-state index contributed by atoms with van der Waals surface area (Å²) in [5, 5.41) is 0. The molecule has 0 heterocycles. The number of hydrogen-bond donors (Lipinski definition) is 0. The van der Waals surface area contributed by atoms with Gasteiger partial charge in [0.1, 0.15) is 0 Å². The molecule has 0 aromatic heterocycles. The lowest BCUT2D eigenvalue weighted by Crippen LogP contribution is -2.37. The highest BCUT2D eigenvalue weighted by molar-refractivity contribution is 5.83. The normalized spacial score (nSPS) is 12.8. The molecule has 0 rings (SSSR count). The summed E-state index contributed by atoms with van der Waals surface area (Å²) in [5.41, 5.74) is 0.276. The quantitative estimate of drug-likeness (QED) is 0.549. The molecule has 0 saturated carbocycles. The van der Waals surface area contributed by atoms with E-state index in [-0.39, 0.29) is 12.5 Å². The van der Waals surface area contributed by atoms with Crippen molar-refractivity contribution in [1.82, 2.24) is 0 Å². The first-order chi connectivity index (χ1) is 8.61. The number of rotatable bonds is 6. The molecule has 0 aromatic carbocycles. The second-order valence-corrected chi connectivity index (χ2v) is 5.77. The monoisotopic (exact) mass is 270 g/mol. The molecule has 0 bridgehead atoms. The van der Waals surface area contributed by atoms with Gasteiger partial charge in [-0.25, -0.2) is 4.79 Å². The Hall–Kier alpha value is -1.32. The molecule has 0 aliphatic carbocycles. The van der Waals surface area contributed by atoms with E-state index in [1.54, 1.807) is 20.8 Å². The molecular formula is C15H26O4. The second kappa shape index (κ2) is 7.31. The van der Waals surface area contributed by atoms with Gasteiger partial charge in [-0.15, -0.1) is 0 Å². The van der Waals surface area contributed by atoms with E-state index in [0.29, 0.717) is 0 Å². The number of carbonyl (C=O) groups is 2. The summed E-state index contributed by atoms with van der Waals surface area (Å²) >= 11 is 0. The van der Waals surface area contributed by atoms with Crippen LogP contribution < -0.4 is 0 Å². The molecule has 19 heavy (non-hydrogen) atoms. The third-order valence-corrected chi connectivity index (χ3v) is 2.53. The molecule has 0 fully saturated rings. The molecule has 1 unspecified atom stereocenters. The topological polar surface area (TPSA) is 52.6 Å². The van der Waals surface area contributed by atoms with E-state index in [4.69, 9.17) is 9.47 Å². The first-order valence-electron chi connectivity index (χ1n) is 6.65. The fourth-order valence-electron chi connectivity index (χ4n) is 1.73. The van der Waals surface area contributed by atoms with E-state index < -0.39 is 23.5 Å². The van der Waals surface area contributed by atoms with E-state index in [2.05, 4.69) is 0 Å². The number of allylic oxidation sites excluding steroid dienone is 1. The maximum Gasteiger partial charge on any atom is 0.347 e. The Bertz CT molecular complexity index is 349. The molecule has 4 heteroatoms. The van der Waals surface area contributed by atoms with Gasteiger partial charge in [0.05, 0.1) is 12.0 Å². The minimum absolute atomic E-state index is 0.120. The van der Waals surface area contributed by atoms with Gasteiger partial charge in [0, 0.05) is 5.92 Å². The fourth-order valence-corrected chi connectivity index (χ4v) is 1.73. The van der Waals surface area contributed by atoms with Crippen LogP contribution in [0.1, 0.15) is 48.5 Å². The molecule has 0 aliphatic heterocycles. The van der Waals surface area contributed by atoms with Crippen LogP contribution in [0.2, 0.25) is 0 Å². The van der Waals surface area contributed by atoms with Gasteiger partial charge in [0.15, 0.2) is 0 Å². The summed E-state index contributed by atoms with van der Waals surface area (Å²) in [5.74, 6) is -1.02. The molecule has 0 amide bonds. The van der Waals surface area contributed by atoms with E-state index >= 15 is 0 Å². The van der Waals surface area contributed by atoms with Gasteiger partial charge in [0.2, 0.25) is 6.10 Å². The van der Waals surface area contributed by atoms with Crippen LogP contribution in [0, 0.1) is 11.3 Å². The lowest BCUT2D eigenvalue weighted by atomic mass is 9.91. The van der Waals surface area contributed by atoms with Crippen molar-refractivity contribution >= 4 is 11.9 Å². The second-order valence-electron chi connectivity index (χ2n) is 5.77. The molecule has 0 aromatic rings. The molecule has 1 atom stereocenters. The van der Waals surface area contributed by atoms with Gasteiger partial charge in [-0.1, -0.05) is 25.5 Å². The van der Waals surface area contributed by atoms with Gasteiger partial charge >= 0.3 is 11.9 Å². The molecule has 4 nitrogen and oxygen atoms in total. The predicted octanol–water partition coefficient (Wildman–Crippen LogP) is 3.11. The van der Waals surface area contributed by atoms with Crippen molar-refractivity contribution in [2.75, 3.05) is 6.61 Å². The first kappa shape index (κ1) is 17.7. The number of esters is 2. The van der Waals surface area contributed by atoms with Gasteiger partial charge < -0.3 is 9.47 Å². The van der Waals surface area contributed by atoms with Crippen LogP contribution in [0.4, 0.5) is 0 Å². The summed E-state index contributed by atoms with van der Waals surface area (Å²) in [4.78, 5) is 23.9. The zero-order chi connectivity index (χ0) is 15.2. The third kappa shape index (κ3) is 5.90. The molecule has 0 saturated heterocycles. The van der Waals surface area contributed by atoms with Crippen LogP contribution >= 0.6 is 0 Å². The highest BCUT2D eigenvalue weighted by Gasteiger charge is 2.34. The zero-order valence-corrected chi connectivity index (χ0v) is 13.1. The van der Waals surface area contributed by atoms with Crippen LogP contribution in [0.25, 0.3) is 0 Å². The maximum atomic E-state index is 12.1. The lowest BCUT2D eigenvalue weighted by Gasteiger charge is -2.25. The molecule has 0 N–H and O–H groups in total. The summed E-state index contributed by atoms with van der Waals surface area (Å²) in [6.45, 7) is 13.0. The van der Waals surface area contributed by atoms with Gasteiger partial charge in [-0.05, 0) is 34.6 Å². The SMILES string of the molecule is CCOC(=O)C(OC(=O)C(C)(C)C=C(C)C)C(C)C. The summed E-state index contributed by atoms with van der Waals surface area (Å²) in [6, 6.07) is 0. The zero-order valence-electron chi connectivity index (χ0n) is 13.1. The van der Waals surface area contributed by atoms with E-state index in [1.807, 2.05) is 33.8 Å². The standard InChI is InChI=1S/C15H26O4/c1-8-18-13(16)12(11(4)5)19-14(17)15(6,7)9-10(2)3/h9,11-12H,8H2,1-7H3. The van der Waals surface area contributed by atoms with Crippen molar-refractivity contribution in [3.05, 3.63) is 11.6 Å². The van der Waals surface area contributed by atoms with Crippen molar-refractivity contribution in [3.63, 3.8) is 0 Å². The van der Waals surface area contributed by atoms with E-state index in [1.165, 1.54) is 0 Å². The average Bonchev–Trinajstić information content (AvgIpc) is 2.23. The summed E-state index contributed by atoms with van der Waals surface area (Å²) in [6.07, 6.45) is 0.981. The highest BCUT2D eigenvalue weighted by Crippen LogP contribution is 2.23. The van der Waals surface area contributed by atoms with Crippen molar-refractivity contribution < 1.29 is 19.1 Å². The average molecular weight is 270 g/mol. The Morgan fingerprint density at radius 1 is 1.21 bits per heavy atom. The molecule has 0 radical (unpaired) electrons. The molecule has 0 spiro atoms. The Morgan fingerprint density at radius 3 is 2.11 bits per heavy atom. The van der Waals surface area contributed by atoms with Gasteiger partial charge in [-0.2, -0.15) is 0 Å². The van der Waals surface area contributed by atoms with Crippen LogP contribution in [-0.4, -0.2) is 24.6 Å². The van der Waals surface area contributed by atoms with Crippen molar-refractivity contribution in [2.24, 2.45) is 11.3 Å². The summed E-state index contributed by atoms with van der Waals surface area (Å²) < 4.78 is 10.3. The molecular weight excluding hydrogens is 244 g/mol. The van der Waals surface area contributed by atoms with Crippen LogP contribution in [0.5, 0.6) is 0 Å². The van der Waals surface area contributed by atoms with Gasteiger partial charge in [0.25, 0.3) is 0 Å². The van der Waals surface area contributed by atoms with E-state index in [9.17, 15) is 9.59 Å². The van der Waals surface area contributed by atoms with Crippen molar-refractivity contribution in [3.8, 4) is 0 Å². The molecule has 110 valence electrons. The largest absolute Gasteiger partial charge is 0.463 e. The van der Waals surface area contributed by atoms with E-state index in [0.717, 1.165) is 5.57 Å². The third-order valence-electron chi connectivity index (χ3n) is 2.53. The predicted molar refractivity (Wildman–Crippen MR) is 74.6 cm³/mol. The lowest BCUT2D eigenvalue weighted by molar-refractivity contribution is -0.175. The Kier molecular flexibility index (Phi) is 6.81. The minimum atomic E-state index is -0.850. The fraction of sp³-hybridized carbons (Fsp3) is 0.733. The van der Waals surface area contributed by atoms with Crippen LogP contribution in [0.15, 0.2) is 11.6 Å². The number of ether oxygens (including phenoxy) is 2. The van der Waals surface area contributed by atoms with Gasteiger partial charge in [-0.3, -0.25) is 4.79 Å². The maximum absolute atomic E-state index is 12.1. The minimum Gasteiger partial charge on any atom is -0.463 e. The molecule has 0 aliphatic rings. The smallest absolute Gasteiger partial charge is 0.347 e. The Morgan fingerprint density at radius 2 is 1.74 bits per heavy atom. The van der Waals surface area contributed by atoms with Crippen molar-refractivity contribution in [1.29, 1.82) is 0 Å².